The summed E-state index contributed by atoms with van der Waals surface area (Å²) in [6.07, 6.45) is 10.3. The SMILES string of the molecule is O=C1NC(=O)/C(=C/c2ccnc(N3CCC(CNCc4cccnc4C4=CCCO4)CC3)n2)S1. The molecular weight excluding hydrogens is 452 g/mol. The molecule has 34 heavy (non-hydrogen) atoms. The number of piperidine rings is 1. The summed E-state index contributed by atoms with van der Waals surface area (Å²) in [7, 11) is 0. The molecule has 10 heteroatoms. The van der Waals surface area contributed by atoms with Gasteiger partial charge in [0.2, 0.25) is 5.95 Å². The van der Waals surface area contributed by atoms with Gasteiger partial charge < -0.3 is 15.0 Å². The quantitative estimate of drug-likeness (QED) is 0.581. The van der Waals surface area contributed by atoms with Crippen LogP contribution in [0.2, 0.25) is 0 Å². The van der Waals surface area contributed by atoms with E-state index < -0.39 is 0 Å². The highest BCUT2D eigenvalue weighted by molar-refractivity contribution is 8.18. The number of nitrogens with zero attached hydrogens (tertiary/aromatic N) is 4. The van der Waals surface area contributed by atoms with Crippen molar-refractivity contribution in [2.45, 2.75) is 25.8 Å². The van der Waals surface area contributed by atoms with Crippen LogP contribution in [-0.2, 0) is 16.1 Å². The normalized spacial score (nSPS) is 19.9. The number of anilines is 1. The first-order valence-corrected chi connectivity index (χ1v) is 12.3. The van der Waals surface area contributed by atoms with Gasteiger partial charge >= 0.3 is 0 Å². The van der Waals surface area contributed by atoms with Gasteiger partial charge in [-0.05, 0) is 66.9 Å². The van der Waals surface area contributed by atoms with E-state index in [9.17, 15) is 9.59 Å². The van der Waals surface area contributed by atoms with Gasteiger partial charge in [-0.1, -0.05) is 6.07 Å². The molecule has 0 radical (unpaired) electrons. The van der Waals surface area contributed by atoms with Crippen LogP contribution in [0.3, 0.4) is 0 Å². The molecule has 0 bridgehead atoms. The molecule has 2 saturated heterocycles. The average Bonchev–Trinajstić information content (AvgIpc) is 3.50. The number of aromatic nitrogens is 3. The second-order valence-electron chi connectivity index (χ2n) is 8.41. The fourth-order valence-electron chi connectivity index (χ4n) is 4.28. The number of amides is 2. The standard InChI is InChI=1S/C24H26N6O3S/c31-22-20(34-24(32)29-22)13-18-5-9-27-23(28-18)30-10-6-16(7-11-30)14-25-15-17-3-1-8-26-21(17)19-4-2-12-33-19/h1,3-5,8-9,13,16,25H,2,6-7,10-12,14-15H2,(H,29,31,32)/b20-13-. The zero-order valence-corrected chi connectivity index (χ0v) is 19.5. The Balaban J connectivity index is 1.13. The molecule has 2 N–H and O–H groups in total. The molecule has 2 fully saturated rings. The molecule has 0 saturated carbocycles. The highest BCUT2D eigenvalue weighted by atomic mass is 32.2. The molecule has 5 heterocycles. The van der Waals surface area contributed by atoms with Crippen LogP contribution >= 0.6 is 11.8 Å². The van der Waals surface area contributed by atoms with Crippen molar-refractivity contribution in [1.82, 2.24) is 25.6 Å². The lowest BCUT2D eigenvalue weighted by atomic mass is 9.97. The van der Waals surface area contributed by atoms with E-state index in [1.807, 2.05) is 12.3 Å². The van der Waals surface area contributed by atoms with Crippen molar-refractivity contribution in [1.29, 1.82) is 0 Å². The molecule has 0 aromatic carbocycles. The van der Waals surface area contributed by atoms with Crippen LogP contribution in [0.25, 0.3) is 11.8 Å². The number of thioether (sulfide) groups is 1. The smallest absolute Gasteiger partial charge is 0.290 e. The molecule has 2 aromatic heterocycles. The highest BCUT2D eigenvalue weighted by Gasteiger charge is 2.26. The summed E-state index contributed by atoms with van der Waals surface area (Å²) < 4.78 is 5.70. The third kappa shape index (κ3) is 5.28. The summed E-state index contributed by atoms with van der Waals surface area (Å²) in [5.41, 5.74) is 2.71. The van der Waals surface area contributed by atoms with Crippen molar-refractivity contribution < 1.29 is 14.3 Å². The zero-order chi connectivity index (χ0) is 23.3. The van der Waals surface area contributed by atoms with E-state index in [2.05, 4.69) is 42.6 Å². The minimum atomic E-state index is -0.380. The monoisotopic (exact) mass is 478 g/mol. The van der Waals surface area contributed by atoms with Crippen molar-refractivity contribution >= 4 is 40.7 Å². The lowest BCUT2D eigenvalue weighted by Gasteiger charge is -2.32. The van der Waals surface area contributed by atoms with Crippen LogP contribution in [0.5, 0.6) is 0 Å². The molecule has 9 nitrogen and oxygen atoms in total. The molecule has 2 aromatic rings. The molecule has 0 unspecified atom stereocenters. The van der Waals surface area contributed by atoms with Gasteiger partial charge in [0, 0.05) is 38.4 Å². The van der Waals surface area contributed by atoms with Gasteiger partial charge in [-0.15, -0.1) is 0 Å². The number of pyridine rings is 1. The van der Waals surface area contributed by atoms with Crippen LogP contribution in [0, 0.1) is 5.92 Å². The number of carbonyl (C=O) groups excluding carboxylic acids is 2. The van der Waals surface area contributed by atoms with Gasteiger partial charge in [0.15, 0.2) is 0 Å². The molecule has 3 aliphatic heterocycles. The predicted molar refractivity (Wildman–Crippen MR) is 131 cm³/mol. The zero-order valence-electron chi connectivity index (χ0n) is 18.7. The molecule has 0 spiro atoms. The van der Waals surface area contributed by atoms with E-state index in [4.69, 9.17) is 4.74 Å². The Hall–Kier alpha value is -3.24. The number of rotatable bonds is 7. The number of carbonyl (C=O) groups is 2. The fraction of sp³-hybridized carbons (Fsp3) is 0.375. The maximum Gasteiger partial charge on any atom is 0.290 e. The van der Waals surface area contributed by atoms with Crippen LogP contribution in [0.1, 0.15) is 36.2 Å². The van der Waals surface area contributed by atoms with Crippen LogP contribution in [0.15, 0.2) is 41.6 Å². The fourth-order valence-corrected chi connectivity index (χ4v) is 4.95. The summed E-state index contributed by atoms with van der Waals surface area (Å²) in [5.74, 6) is 1.74. The number of hydrogen-bond donors (Lipinski definition) is 2. The van der Waals surface area contributed by atoms with Crippen molar-refractivity contribution in [3.05, 3.63) is 58.5 Å². The van der Waals surface area contributed by atoms with Gasteiger partial charge in [-0.2, -0.15) is 0 Å². The van der Waals surface area contributed by atoms with Crippen LogP contribution in [0.4, 0.5) is 10.7 Å². The second kappa shape index (κ2) is 10.4. The van der Waals surface area contributed by atoms with Crippen molar-refractivity contribution in [3.8, 4) is 0 Å². The molecule has 0 atom stereocenters. The number of hydrogen-bond acceptors (Lipinski definition) is 9. The van der Waals surface area contributed by atoms with Crippen LogP contribution < -0.4 is 15.5 Å². The first kappa shape index (κ1) is 22.5. The predicted octanol–water partition coefficient (Wildman–Crippen LogP) is 2.96. The Bertz CT molecular complexity index is 1140. The minimum absolute atomic E-state index is 0.354. The van der Waals surface area contributed by atoms with Gasteiger partial charge in [-0.3, -0.25) is 19.9 Å². The lowest BCUT2D eigenvalue weighted by molar-refractivity contribution is -0.115. The third-order valence-electron chi connectivity index (χ3n) is 6.06. The molecule has 0 aliphatic carbocycles. The minimum Gasteiger partial charge on any atom is -0.491 e. The Morgan fingerprint density at radius 2 is 2.09 bits per heavy atom. The first-order valence-electron chi connectivity index (χ1n) is 11.5. The van der Waals surface area contributed by atoms with Crippen molar-refractivity contribution in [3.63, 3.8) is 0 Å². The van der Waals surface area contributed by atoms with E-state index in [1.165, 1.54) is 0 Å². The lowest BCUT2D eigenvalue weighted by Crippen LogP contribution is -2.38. The number of ether oxygens (including phenoxy) is 1. The Kier molecular flexibility index (Phi) is 6.87. The Morgan fingerprint density at radius 1 is 1.21 bits per heavy atom. The van der Waals surface area contributed by atoms with E-state index in [0.29, 0.717) is 22.5 Å². The summed E-state index contributed by atoms with van der Waals surface area (Å²) in [6.45, 7) is 4.18. The van der Waals surface area contributed by atoms with Gasteiger partial charge in [0.25, 0.3) is 11.1 Å². The van der Waals surface area contributed by atoms with Crippen molar-refractivity contribution in [2.75, 3.05) is 31.1 Å². The van der Waals surface area contributed by atoms with Gasteiger partial charge in [0.05, 0.1) is 17.2 Å². The number of nitrogens with one attached hydrogen (secondary N) is 2. The topological polar surface area (TPSA) is 109 Å². The maximum atomic E-state index is 11.8. The Labute approximate surface area is 202 Å². The molecule has 176 valence electrons. The molecule has 5 rings (SSSR count). The molecular formula is C24H26N6O3S. The average molecular weight is 479 g/mol. The van der Waals surface area contributed by atoms with E-state index in [-0.39, 0.29) is 11.1 Å². The van der Waals surface area contributed by atoms with E-state index >= 15 is 0 Å². The van der Waals surface area contributed by atoms with Gasteiger partial charge in [0.1, 0.15) is 11.5 Å². The molecule has 3 aliphatic rings. The first-order chi connectivity index (χ1) is 16.7. The van der Waals surface area contributed by atoms with Gasteiger partial charge in [-0.25, -0.2) is 9.97 Å². The molecule has 2 amide bonds. The van der Waals surface area contributed by atoms with Crippen molar-refractivity contribution in [2.24, 2.45) is 5.92 Å². The third-order valence-corrected chi connectivity index (χ3v) is 6.87. The highest BCUT2D eigenvalue weighted by Crippen LogP contribution is 2.26. The Morgan fingerprint density at radius 3 is 2.85 bits per heavy atom. The number of imide groups is 1. The summed E-state index contributed by atoms with van der Waals surface area (Å²) in [6, 6.07) is 5.81. The summed E-state index contributed by atoms with van der Waals surface area (Å²) >= 11 is 0.891. The largest absolute Gasteiger partial charge is 0.491 e. The summed E-state index contributed by atoms with van der Waals surface area (Å²) in [4.78, 5) is 39.2. The maximum absolute atomic E-state index is 11.8. The van der Waals surface area contributed by atoms with Crippen LogP contribution in [-0.4, -0.2) is 52.3 Å². The second-order valence-corrected chi connectivity index (χ2v) is 9.43. The van der Waals surface area contributed by atoms with E-state index in [0.717, 1.165) is 80.8 Å². The summed E-state index contributed by atoms with van der Waals surface area (Å²) in [5, 5.41) is 5.50. The van der Waals surface area contributed by atoms with E-state index in [1.54, 1.807) is 18.3 Å².